The third kappa shape index (κ3) is 3.78. The number of nitrogens with zero attached hydrogens (tertiary/aromatic N) is 1. The SMILES string of the molecule is O=C([O-])CC/C(=C\c1ccccc1Cl)c1nc2ccccc2s1. The van der Waals surface area contributed by atoms with Crippen LogP contribution in [0.25, 0.3) is 21.9 Å². The molecule has 0 unspecified atom stereocenters. The number of para-hydroxylation sites is 1. The second-order valence-corrected chi connectivity index (χ2v) is 6.49. The number of allylic oxidation sites excluding steroid dienone is 1. The molecule has 23 heavy (non-hydrogen) atoms. The number of carbonyl (C=O) groups excluding carboxylic acids is 1. The number of aromatic nitrogens is 1. The van der Waals surface area contributed by atoms with Crippen molar-refractivity contribution in [1.29, 1.82) is 0 Å². The van der Waals surface area contributed by atoms with Crippen molar-refractivity contribution in [3.8, 4) is 0 Å². The van der Waals surface area contributed by atoms with E-state index >= 15 is 0 Å². The van der Waals surface area contributed by atoms with Crippen LogP contribution >= 0.6 is 22.9 Å². The second kappa shape index (κ2) is 6.94. The fourth-order valence-electron chi connectivity index (χ4n) is 2.27. The Kier molecular flexibility index (Phi) is 4.74. The van der Waals surface area contributed by atoms with Crippen molar-refractivity contribution in [2.24, 2.45) is 0 Å². The van der Waals surface area contributed by atoms with Gasteiger partial charge in [0.1, 0.15) is 5.01 Å². The van der Waals surface area contributed by atoms with Crippen LogP contribution in [-0.2, 0) is 4.79 Å². The molecule has 116 valence electrons. The number of aliphatic carboxylic acids is 1. The predicted octanol–water partition coefficient (Wildman–Crippen LogP) is 4.02. The number of fused-ring (bicyclic) bond motifs is 1. The summed E-state index contributed by atoms with van der Waals surface area (Å²) in [7, 11) is 0. The van der Waals surface area contributed by atoms with Gasteiger partial charge in [0.25, 0.3) is 0 Å². The minimum absolute atomic E-state index is 0.0494. The zero-order chi connectivity index (χ0) is 16.2. The highest BCUT2D eigenvalue weighted by Gasteiger charge is 2.10. The van der Waals surface area contributed by atoms with Crippen LogP contribution in [0.2, 0.25) is 5.02 Å². The number of halogens is 1. The van der Waals surface area contributed by atoms with Crippen LogP contribution in [0.1, 0.15) is 23.4 Å². The largest absolute Gasteiger partial charge is 0.550 e. The Labute approximate surface area is 142 Å². The van der Waals surface area contributed by atoms with Gasteiger partial charge in [0.15, 0.2) is 0 Å². The van der Waals surface area contributed by atoms with Crippen molar-refractivity contribution in [2.45, 2.75) is 12.8 Å². The molecule has 0 spiro atoms. The highest BCUT2D eigenvalue weighted by molar-refractivity contribution is 7.19. The van der Waals surface area contributed by atoms with Gasteiger partial charge in [-0.25, -0.2) is 4.98 Å². The van der Waals surface area contributed by atoms with Crippen LogP contribution in [0.15, 0.2) is 48.5 Å². The van der Waals surface area contributed by atoms with Crippen LogP contribution < -0.4 is 5.11 Å². The van der Waals surface area contributed by atoms with Crippen LogP contribution in [0.4, 0.5) is 0 Å². The standard InChI is InChI=1S/C18H14ClNO2S/c19-14-6-2-1-5-12(14)11-13(9-10-17(21)22)18-20-15-7-3-4-8-16(15)23-18/h1-8,11H,9-10H2,(H,21,22)/p-1/b13-11+. The van der Waals surface area contributed by atoms with Gasteiger partial charge in [-0.05, 0) is 48.3 Å². The van der Waals surface area contributed by atoms with Gasteiger partial charge in [0.05, 0.1) is 10.2 Å². The minimum Gasteiger partial charge on any atom is -0.550 e. The predicted molar refractivity (Wildman–Crippen MR) is 93.2 cm³/mol. The van der Waals surface area contributed by atoms with Gasteiger partial charge in [0, 0.05) is 11.0 Å². The van der Waals surface area contributed by atoms with Crippen molar-refractivity contribution < 1.29 is 9.90 Å². The van der Waals surface area contributed by atoms with Gasteiger partial charge < -0.3 is 9.90 Å². The molecule has 0 amide bonds. The third-order valence-electron chi connectivity index (χ3n) is 3.40. The topological polar surface area (TPSA) is 53.0 Å². The Morgan fingerprint density at radius 1 is 1.13 bits per heavy atom. The van der Waals surface area contributed by atoms with E-state index in [9.17, 15) is 9.90 Å². The zero-order valence-electron chi connectivity index (χ0n) is 12.2. The zero-order valence-corrected chi connectivity index (χ0v) is 13.7. The molecule has 3 aromatic rings. The maximum atomic E-state index is 10.8. The van der Waals surface area contributed by atoms with E-state index < -0.39 is 5.97 Å². The van der Waals surface area contributed by atoms with E-state index in [1.807, 2.05) is 54.6 Å². The number of rotatable bonds is 5. The quantitative estimate of drug-likeness (QED) is 0.703. The Bertz CT molecular complexity index is 852. The van der Waals surface area contributed by atoms with E-state index in [2.05, 4.69) is 4.98 Å². The number of carbonyl (C=O) groups is 1. The van der Waals surface area contributed by atoms with Crippen molar-refractivity contribution >= 4 is 50.8 Å². The molecule has 1 heterocycles. The summed E-state index contributed by atoms with van der Waals surface area (Å²) < 4.78 is 1.07. The average Bonchev–Trinajstić information content (AvgIpc) is 2.96. The first-order chi connectivity index (χ1) is 11.1. The maximum Gasteiger partial charge on any atom is 0.120 e. The summed E-state index contributed by atoms with van der Waals surface area (Å²) in [6.45, 7) is 0. The highest BCUT2D eigenvalue weighted by atomic mass is 35.5. The van der Waals surface area contributed by atoms with Crippen LogP contribution in [0, 0.1) is 0 Å². The highest BCUT2D eigenvalue weighted by Crippen LogP contribution is 2.32. The van der Waals surface area contributed by atoms with E-state index in [4.69, 9.17) is 11.6 Å². The summed E-state index contributed by atoms with van der Waals surface area (Å²) in [4.78, 5) is 15.5. The summed E-state index contributed by atoms with van der Waals surface area (Å²) in [5.41, 5.74) is 2.61. The molecule has 0 radical (unpaired) electrons. The average molecular weight is 343 g/mol. The van der Waals surface area contributed by atoms with Crippen molar-refractivity contribution in [1.82, 2.24) is 4.98 Å². The second-order valence-electron chi connectivity index (χ2n) is 5.05. The molecule has 0 aliphatic heterocycles. The molecule has 3 nitrogen and oxygen atoms in total. The van der Waals surface area contributed by atoms with E-state index in [1.165, 1.54) is 0 Å². The first kappa shape index (κ1) is 15.7. The van der Waals surface area contributed by atoms with Crippen LogP contribution in [-0.4, -0.2) is 11.0 Å². The molecule has 0 saturated heterocycles. The normalized spacial score (nSPS) is 11.8. The number of hydrogen-bond acceptors (Lipinski definition) is 4. The van der Waals surface area contributed by atoms with Crippen LogP contribution in [0.5, 0.6) is 0 Å². The molecule has 0 atom stereocenters. The van der Waals surface area contributed by atoms with Crippen LogP contribution in [0.3, 0.4) is 0 Å². The van der Waals surface area contributed by atoms with Gasteiger partial charge in [-0.15, -0.1) is 11.3 Å². The van der Waals surface area contributed by atoms with Gasteiger partial charge in [0.2, 0.25) is 0 Å². The van der Waals surface area contributed by atoms with E-state index in [0.29, 0.717) is 11.4 Å². The van der Waals surface area contributed by atoms with E-state index in [-0.39, 0.29) is 6.42 Å². The van der Waals surface area contributed by atoms with Gasteiger partial charge in [-0.2, -0.15) is 0 Å². The molecular weight excluding hydrogens is 330 g/mol. The van der Waals surface area contributed by atoms with Gasteiger partial charge in [-0.3, -0.25) is 0 Å². The van der Waals surface area contributed by atoms with Crippen molar-refractivity contribution in [2.75, 3.05) is 0 Å². The minimum atomic E-state index is -1.07. The Morgan fingerprint density at radius 3 is 2.61 bits per heavy atom. The third-order valence-corrected chi connectivity index (χ3v) is 4.86. The molecule has 1 aromatic heterocycles. The lowest BCUT2D eigenvalue weighted by molar-refractivity contribution is -0.305. The molecular formula is C18H13ClNO2S-. The first-order valence-corrected chi connectivity index (χ1v) is 8.34. The fourth-order valence-corrected chi connectivity index (χ4v) is 3.47. The summed E-state index contributed by atoms with van der Waals surface area (Å²) in [5, 5.41) is 12.3. The number of hydrogen-bond donors (Lipinski definition) is 0. The summed E-state index contributed by atoms with van der Waals surface area (Å²) >= 11 is 7.75. The molecule has 0 N–H and O–H groups in total. The molecule has 0 bridgehead atoms. The molecule has 0 saturated carbocycles. The van der Waals surface area contributed by atoms with E-state index in [0.717, 1.165) is 26.4 Å². The van der Waals surface area contributed by atoms with Crippen molar-refractivity contribution in [3.05, 3.63) is 64.1 Å². The molecule has 2 aromatic carbocycles. The Morgan fingerprint density at radius 2 is 1.87 bits per heavy atom. The smallest absolute Gasteiger partial charge is 0.120 e. The number of carboxylic acids is 1. The lowest BCUT2D eigenvalue weighted by Gasteiger charge is -2.06. The first-order valence-electron chi connectivity index (χ1n) is 7.14. The summed E-state index contributed by atoms with van der Waals surface area (Å²) in [5.74, 6) is -1.07. The monoisotopic (exact) mass is 342 g/mol. The molecule has 5 heteroatoms. The lowest BCUT2D eigenvalue weighted by Crippen LogP contribution is -2.21. The number of benzene rings is 2. The summed E-state index contributed by atoms with van der Waals surface area (Å²) in [6, 6.07) is 15.3. The summed E-state index contributed by atoms with van der Waals surface area (Å²) in [6.07, 6.45) is 2.21. The molecule has 0 aliphatic carbocycles. The Balaban J connectivity index is 2.04. The Hall–Kier alpha value is -2.17. The molecule has 3 rings (SSSR count). The number of thiazole rings is 1. The molecule has 0 fully saturated rings. The van der Waals surface area contributed by atoms with Gasteiger partial charge >= 0.3 is 0 Å². The fraction of sp³-hybridized carbons (Fsp3) is 0.111. The number of carboxylic acid groups (broad SMARTS) is 1. The molecule has 0 aliphatic rings. The van der Waals surface area contributed by atoms with Gasteiger partial charge in [-0.1, -0.05) is 41.9 Å². The van der Waals surface area contributed by atoms with Crippen molar-refractivity contribution in [3.63, 3.8) is 0 Å². The maximum absolute atomic E-state index is 10.8. The van der Waals surface area contributed by atoms with E-state index in [1.54, 1.807) is 11.3 Å². The lowest BCUT2D eigenvalue weighted by atomic mass is 10.1.